The summed E-state index contributed by atoms with van der Waals surface area (Å²) in [5.41, 5.74) is 1.62. The third-order valence-corrected chi connectivity index (χ3v) is 1.39. The Hall–Kier alpha value is -1.05. The Kier molecular flexibility index (Phi) is 1.68. The molecule has 2 heteroatoms. The number of aliphatic hydroxyl groups excluding tert-OH is 1. The molecule has 0 aromatic carbocycles. The Morgan fingerprint density at radius 3 is 2.67 bits per heavy atom. The number of carbonyl (C=O) groups is 1. The van der Waals surface area contributed by atoms with E-state index in [1.54, 1.807) is 6.08 Å². The van der Waals surface area contributed by atoms with Gasteiger partial charge in [0.2, 0.25) is 0 Å². The fourth-order valence-electron chi connectivity index (χ4n) is 0.866. The molecule has 1 rings (SSSR count). The molecule has 0 aromatic heterocycles. The third kappa shape index (κ3) is 1.19. The number of allylic oxidation sites excluding steroid dienone is 3. The fraction of sp³-hybridized carbons (Fsp3) is 0.286. The zero-order valence-electron chi connectivity index (χ0n) is 5.00. The lowest BCUT2D eigenvalue weighted by atomic mass is 10.2. The van der Waals surface area contributed by atoms with Gasteiger partial charge in [-0.3, -0.25) is 4.79 Å². The highest BCUT2D eigenvalue weighted by atomic mass is 16.2. The van der Waals surface area contributed by atoms with Crippen LogP contribution in [0.3, 0.4) is 0 Å². The highest BCUT2D eigenvalue weighted by molar-refractivity contribution is 5.75. The maximum Gasteiger partial charge on any atom is 0.146 e. The standard InChI is InChI=1S/C7H8O2/c8-4-6-1-2-7(3-6)5-9/h3-5,8H,1-2H2/b6-4-. The van der Waals surface area contributed by atoms with Crippen LogP contribution < -0.4 is 0 Å². The molecular formula is C7H8O2. The van der Waals surface area contributed by atoms with Crippen molar-refractivity contribution in [2.24, 2.45) is 0 Å². The summed E-state index contributed by atoms with van der Waals surface area (Å²) in [6.45, 7) is 0. The summed E-state index contributed by atoms with van der Waals surface area (Å²) in [5.74, 6) is 0. The lowest BCUT2D eigenvalue weighted by Gasteiger charge is -1.83. The molecule has 9 heavy (non-hydrogen) atoms. The second kappa shape index (κ2) is 2.49. The summed E-state index contributed by atoms with van der Waals surface area (Å²) in [4.78, 5) is 10.1. The predicted octanol–water partition coefficient (Wildman–Crippen LogP) is 1.35. The van der Waals surface area contributed by atoms with Gasteiger partial charge < -0.3 is 5.11 Å². The number of aldehydes is 1. The molecule has 0 aliphatic heterocycles. The van der Waals surface area contributed by atoms with Gasteiger partial charge in [0.05, 0.1) is 6.26 Å². The number of hydrogen-bond acceptors (Lipinski definition) is 2. The van der Waals surface area contributed by atoms with Crippen LogP contribution in [-0.2, 0) is 4.79 Å². The van der Waals surface area contributed by atoms with Gasteiger partial charge in [-0.1, -0.05) is 0 Å². The van der Waals surface area contributed by atoms with Crippen molar-refractivity contribution in [2.45, 2.75) is 12.8 Å². The maximum atomic E-state index is 10.1. The first-order chi connectivity index (χ1) is 4.36. The average molecular weight is 124 g/mol. The quantitative estimate of drug-likeness (QED) is 0.423. The van der Waals surface area contributed by atoms with E-state index in [4.69, 9.17) is 5.11 Å². The minimum Gasteiger partial charge on any atom is -0.515 e. The van der Waals surface area contributed by atoms with Crippen molar-refractivity contribution < 1.29 is 9.90 Å². The first kappa shape index (κ1) is 6.08. The van der Waals surface area contributed by atoms with Crippen molar-refractivity contribution in [3.05, 3.63) is 23.5 Å². The van der Waals surface area contributed by atoms with Crippen LogP contribution in [0, 0.1) is 0 Å². The van der Waals surface area contributed by atoms with Gasteiger partial charge in [-0.15, -0.1) is 0 Å². The van der Waals surface area contributed by atoms with Crippen LogP contribution in [0.2, 0.25) is 0 Å². The van der Waals surface area contributed by atoms with Crippen molar-refractivity contribution in [1.29, 1.82) is 0 Å². The molecule has 0 atom stereocenters. The van der Waals surface area contributed by atoms with E-state index in [9.17, 15) is 4.79 Å². The van der Waals surface area contributed by atoms with Crippen LogP contribution in [-0.4, -0.2) is 11.4 Å². The van der Waals surface area contributed by atoms with Crippen molar-refractivity contribution in [1.82, 2.24) is 0 Å². The molecule has 0 aromatic rings. The van der Waals surface area contributed by atoms with Crippen LogP contribution in [0.4, 0.5) is 0 Å². The van der Waals surface area contributed by atoms with Gasteiger partial charge in [-0.25, -0.2) is 0 Å². The highest BCUT2D eigenvalue weighted by Crippen LogP contribution is 2.20. The minimum absolute atomic E-state index is 0.773. The first-order valence-electron chi connectivity index (χ1n) is 2.86. The normalized spacial score (nSPS) is 22.2. The van der Waals surface area contributed by atoms with Gasteiger partial charge in [0.25, 0.3) is 0 Å². The summed E-state index contributed by atoms with van der Waals surface area (Å²) < 4.78 is 0. The average Bonchev–Trinajstić information content (AvgIpc) is 2.34. The number of hydrogen-bond donors (Lipinski definition) is 1. The number of rotatable bonds is 1. The van der Waals surface area contributed by atoms with E-state index in [1.165, 1.54) is 0 Å². The molecule has 1 aliphatic rings. The monoisotopic (exact) mass is 124 g/mol. The Morgan fingerprint density at radius 2 is 2.33 bits per heavy atom. The summed E-state index contributed by atoms with van der Waals surface area (Å²) in [7, 11) is 0. The van der Waals surface area contributed by atoms with Gasteiger partial charge in [0.15, 0.2) is 0 Å². The Balaban J connectivity index is 2.71. The number of aliphatic hydroxyl groups is 1. The van der Waals surface area contributed by atoms with E-state index >= 15 is 0 Å². The minimum atomic E-state index is 0.773. The van der Waals surface area contributed by atoms with E-state index in [0.29, 0.717) is 0 Å². The molecule has 0 bridgehead atoms. The number of carbonyl (C=O) groups excluding carboxylic acids is 1. The molecular weight excluding hydrogens is 116 g/mol. The second-order valence-electron chi connectivity index (χ2n) is 2.04. The zero-order valence-corrected chi connectivity index (χ0v) is 5.00. The van der Waals surface area contributed by atoms with Crippen LogP contribution in [0.1, 0.15) is 12.8 Å². The first-order valence-corrected chi connectivity index (χ1v) is 2.86. The molecule has 0 spiro atoms. The largest absolute Gasteiger partial charge is 0.515 e. The SMILES string of the molecule is O=CC1=C/C(=C\O)CC1. The van der Waals surface area contributed by atoms with E-state index in [1.807, 2.05) is 0 Å². The van der Waals surface area contributed by atoms with Crippen LogP contribution in [0.15, 0.2) is 23.5 Å². The molecule has 2 nitrogen and oxygen atoms in total. The summed E-state index contributed by atoms with van der Waals surface area (Å²) in [5, 5.41) is 8.46. The summed E-state index contributed by atoms with van der Waals surface area (Å²) in [6.07, 6.45) is 5.17. The molecule has 0 amide bonds. The predicted molar refractivity (Wildman–Crippen MR) is 34.1 cm³/mol. The molecule has 0 unspecified atom stereocenters. The van der Waals surface area contributed by atoms with Gasteiger partial charge in [0.1, 0.15) is 6.29 Å². The van der Waals surface area contributed by atoms with E-state index in [2.05, 4.69) is 0 Å². The Labute approximate surface area is 53.5 Å². The van der Waals surface area contributed by atoms with Crippen molar-refractivity contribution in [2.75, 3.05) is 0 Å². The zero-order chi connectivity index (χ0) is 6.69. The van der Waals surface area contributed by atoms with E-state index in [-0.39, 0.29) is 0 Å². The molecule has 1 aliphatic carbocycles. The Bertz CT molecular complexity index is 177. The molecule has 0 heterocycles. The second-order valence-corrected chi connectivity index (χ2v) is 2.04. The van der Waals surface area contributed by atoms with Gasteiger partial charge in [-0.05, 0) is 30.1 Å². The highest BCUT2D eigenvalue weighted by Gasteiger charge is 2.06. The molecule has 0 saturated carbocycles. The van der Waals surface area contributed by atoms with Crippen LogP contribution in [0.25, 0.3) is 0 Å². The van der Waals surface area contributed by atoms with Gasteiger partial charge in [-0.2, -0.15) is 0 Å². The maximum absolute atomic E-state index is 10.1. The lowest BCUT2D eigenvalue weighted by Crippen LogP contribution is -1.73. The van der Waals surface area contributed by atoms with Crippen LogP contribution >= 0.6 is 0 Å². The van der Waals surface area contributed by atoms with E-state index in [0.717, 1.165) is 36.5 Å². The summed E-state index contributed by atoms with van der Waals surface area (Å²) in [6, 6.07) is 0. The van der Waals surface area contributed by atoms with E-state index < -0.39 is 0 Å². The van der Waals surface area contributed by atoms with Crippen molar-refractivity contribution >= 4 is 6.29 Å². The van der Waals surface area contributed by atoms with Crippen molar-refractivity contribution in [3.63, 3.8) is 0 Å². The van der Waals surface area contributed by atoms with Gasteiger partial charge in [0, 0.05) is 0 Å². The van der Waals surface area contributed by atoms with Crippen molar-refractivity contribution in [3.8, 4) is 0 Å². The molecule has 0 radical (unpaired) electrons. The molecule has 0 saturated heterocycles. The smallest absolute Gasteiger partial charge is 0.146 e. The topological polar surface area (TPSA) is 37.3 Å². The molecule has 48 valence electrons. The van der Waals surface area contributed by atoms with Gasteiger partial charge >= 0.3 is 0 Å². The van der Waals surface area contributed by atoms with Crippen LogP contribution in [0.5, 0.6) is 0 Å². The fourth-order valence-corrected chi connectivity index (χ4v) is 0.866. The lowest BCUT2D eigenvalue weighted by molar-refractivity contribution is -0.105. The summed E-state index contributed by atoms with van der Waals surface area (Å²) >= 11 is 0. The third-order valence-electron chi connectivity index (χ3n) is 1.39. The molecule has 1 N–H and O–H groups in total. The molecule has 0 fully saturated rings. The Morgan fingerprint density at radius 1 is 1.56 bits per heavy atom.